The number of amides is 2. The lowest BCUT2D eigenvalue weighted by Gasteiger charge is -2.10. The van der Waals surface area contributed by atoms with Crippen LogP contribution in [-0.4, -0.2) is 24.7 Å². The molecular formula is C22H25N3O3. The fourth-order valence-electron chi connectivity index (χ4n) is 2.74. The van der Waals surface area contributed by atoms with Crippen molar-refractivity contribution in [2.45, 2.75) is 26.2 Å². The molecule has 0 atom stereocenters. The number of nitrogens with one attached hydrogen (secondary N) is 2. The van der Waals surface area contributed by atoms with Crippen LogP contribution in [0.2, 0.25) is 0 Å². The molecule has 0 bridgehead atoms. The van der Waals surface area contributed by atoms with Crippen LogP contribution in [0.5, 0.6) is 5.75 Å². The highest BCUT2D eigenvalue weighted by Crippen LogP contribution is 2.22. The minimum Gasteiger partial charge on any atom is -0.497 e. The number of oxazole rings is 1. The van der Waals surface area contributed by atoms with Gasteiger partial charge in [-0.15, -0.1) is 0 Å². The van der Waals surface area contributed by atoms with Crippen molar-refractivity contribution in [1.29, 1.82) is 0 Å². The normalized spacial score (nSPS) is 10.7. The predicted molar refractivity (Wildman–Crippen MR) is 110 cm³/mol. The van der Waals surface area contributed by atoms with Crippen LogP contribution in [-0.2, 0) is 6.42 Å². The Hall–Kier alpha value is -3.28. The first-order valence-corrected chi connectivity index (χ1v) is 9.29. The molecule has 1 aromatic heterocycles. The maximum atomic E-state index is 12.1. The number of hydrogen-bond donors (Lipinski definition) is 2. The third-order valence-corrected chi connectivity index (χ3v) is 4.37. The van der Waals surface area contributed by atoms with E-state index in [1.54, 1.807) is 13.4 Å². The zero-order chi connectivity index (χ0) is 19.9. The van der Waals surface area contributed by atoms with Gasteiger partial charge < -0.3 is 19.8 Å². The van der Waals surface area contributed by atoms with Gasteiger partial charge in [-0.05, 0) is 47.9 Å². The molecular weight excluding hydrogens is 354 g/mol. The summed E-state index contributed by atoms with van der Waals surface area (Å²) in [6.45, 7) is 4.71. The molecule has 0 aliphatic rings. The SMILES string of the molecule is COc1ccc(-c2nc(CCNC(=O)Nc3cccc(C(C)C)c3)co2)cc1. The van der Waals surface area contributed by atoms with Gasteiger partial charge in [-0.2, -0.15) is 0 Å². The third kappa shape index (κ3) is 5.13. The molecule has 2 N–H and O–H groups in total. The highest BCUT2D eigenvalue weighted by Gasteiger charge is 2.08. The summed E-state index contributed by atoms with van der Waals surface area (Å²) in [6.07, 6.45) is 2.20. The van der Waals surface area contributed by atoms with Crippen LogP contribution in [0, 0.1) is 0 Å². The number of carbonyl (C=O) groups excluding carboxylic acids is 1. The van der Waals surface area contributed by atoms with Crippen molar-refractivity contribution in [1.82, 2.24) is 10.3 Å². The zero-order valence-corrected chi connectivity index (χ0v) is 16.4. The average molecular weight is 379 g/mol. The van der Waals surface area contributed by atoms with E-state index in [1.807, 2.05) is 42.5 Å². The number of benzene rings is 2. The Morgan fingerprint density at radius 3 is 2.68 bits per heavy atom. The van der Waals surface area contributed by atoms with Crippen molar-refractivity contribution in [3.05, 3.63) is 66.1 Å². The van der Waals surface area contributed by atoms with E-state index >= 15 is 0 Å². The van der Waals surface area contributed by atoms with Crippen LogP contribution in [0.15, 0.2) is 59.2 Å². The summed E-state index contributed by atoms with van der Waals surface area (Å²) in [6, 6.07) is 15.1. The summed E-state index contributed by atoms with van der Waals surface area (Å²) >= 11 is 0. The molecule has 146 valence electrons. The van der Waals surface area contributed by atoms with Gasteiger partial charge in [0, 0.05) is 24.2 Å². The summed E-state index contributed by atoms with van der Waals surface area (Å²) in [5.74, 6) is 1.74. The lowest BCUT2D eigenvalue weighted by Crippen LogP contribution is -2.30. The molecule has 3 rings (SSSR count). The van der Waals surface area contributed by atoms with E-state index in [1.165, 1.54) is 5.56 Å². The van der Waals surface area contributed by atoms with Crippen LogP contribution < -0.4 is 15.4 Å². The van der Waals surface area contributed by atoms with E-state index in [9.17, 15) is 4.79 Å². The van der Waals surface area contributed by atoms with Gasteiger partial charge in [-0.3, -0.25) is 0 Å². The number of anilines is 1. The summed E-state index contributed by atoms with van der Waals surface area (Å²) in [4.78, 5) is 16.6. The van der Waals surface area contributed by atoms with Crippen molar-refractivity contribution in [3.63, 3.8) is 0 Å². The first-order valence-electron chi connectivity index (χ1n) is 9.29. The smallest absolute Gasteiger partial charge is 0.319 e. The van der Waals surface area contributed by atoms with Crippen LogP contribution in [0.3, 0.4) is 0 Å². The molecule has 28 heavy (non-hydrogen) atoms. The van der Waals surface area contributed by atoms with Gasteiger partial charge in [-0.1, -0.05) is 26.0 Å². The van der Waals surface area contributed by atoms with Crippen LogP contribution in [0.1, 0.15) is 31.0 Å². The van der Waals surface area contributed by atoms with E-state index in [2.05, 4.69) is 35.5 Å². The Morgan fingerprint density at radius 1 is 1.18 bits per heavy atom. The third-order valence-electron chi connectivity index (χ3n) is 4.37. The van der Waals surface area contributed by atoms with Gasteiger partial charge in [0.25, 0.3) is 0 Å². The molecule has 0 saturated heterocycles. The standard InChI is InChI=1S/C22H25N3O3/c1-15(2)17-5-4-6-18(13-17)25-22(26)23-12-11-19-14-28-21(24-19)16-7-9-20(27-3)10-8-16/h4-10,13-15H,11-12H2,1-3H3,(H2,23,25,26). The molecule has 6 nitrogen and oxygen atoms in total. The molecule has 0 aliphatic carbocycles. The van der Waals surface area contributed by atoms with Gasteiger partial charge in [0.15, 0.2) is 0 Å². The highest BCUT2D eigenvalue weighted by atomic mass is 16.5. The predicted octanol–water partition coefficient (Wildman–Crippen LogP) is 4.84. The molecule has 2 aromatic carbocycles. The number of rotatable bonds is 7. The monoisotopic (exact) mass is 379 g/mol. The summed E-state index contributed by atoms with van der Waals surface area (Å²) in [7, 11) is 1.63. The molecule has 0 saturated carbocycles. The molecule has 0 fully saturated rings. The van der Waals surface area contributed by atoms with Crippen molar-refractivity contribution >= 4 is 11.7 Å². The molecule has 3 aromatic rings. The van der Waals surface area contributed by atoms with Crippen molar-refractivity contribution in [2.24, 2.45) is 0 Å². The van der Waals surface area contributed by atoms with Gasteiger partial charge in [0.1, 0.15) is 12.0 Å². The van der Waals surface area contributed by atoms with E-state index in [0.29, 0.717) is 24.8 Å². The lowest BCUT2D eigenvalue weighted by atomic mass is 10.0. The van der Waals surface area contributed by atoms with Crippen molar-refractivity contribution in [3.8, 4) is 17.2 Å². The number of methoxy groups -OCH3 is 1. The maximum absolute atomic E-state index is 12.1. The highest BCUT2D eigenvalue weighted by molar-refractivity contribution is 5.89. The largest absolute Gasteiger partial charge is 0.497 e. The van der Waals surface area contributed by atoms with E-state index in [0.717, 1.165) is 22.7 Å². The second kappa shape index (κ2) is 9.08. The van der Waals surface area contributed by atoms with Crippen LogP contribution in [0.25, 0.3) is 11.5 Å². The molecule has 2 amide bonds. The molecule has 0 spiro atoms. The Bertz CT molecular complexity index is 917. The molecule has 6 heteroatoms. The molecule has 0 radical (unpaired) electrons. The topological polar surface area (TPSA) is 76.4 Å². The minimum atomic E-state index is -0.236. The second-order valence-electron chi connectivity index (χ2n) is 6.78. The molecule has 0 unspecified atom stereocenters. The van der Waals surface area contributed by atoms with Gasteiger partial charge >= 0.3 is 6.03 Å². The van der Waals surface area contributed by atoms with Gasteiger partial charge in [0.05, 0.1) is 12.8 Å². The van der Waals surface area contributed by atoms with Gasteiger partial charge in [-0.25, -0.2) is 9.78 Å². The first-order chi connectivity index (χ1) is 13.5. The maximum Gasteiger partial charge on any atom is 0.319 e. The Kier molecular flexibility index (Phi) is 6.32. The lowest BCUT2D eigenvalue weighted by molar-refractivity contribution is 0.252. The average Bonchev–Trinajstić information content (AvgIpc) is 3.17. The summed E-state index contributed by atoms with van der Waals surface area (Å²) < 4.78 is 10.7. The molecule has 0 aliphatic heterocycles. The second-order valence-corrected chi connectivity index (χ2v) is 6.78. The Balaban J connectivity index is 1.49. The van der Waals surface area contributed by atoms with Gasteiger partial charge in [0.2, 0.25) is 5.89 Å². The number of carbonyl (C=O) groups is 1. The summed E-state index contributed by atoms with van der Waals surface area (Å²) in [5, 5.41) is 5.70. The van der Waals surface area contributed by atoms with Crippen LogP contribution >= 0.6 is 0 Å². The van der Waals surface area contributed by atoms with E-state index in [4.69, 9.17) is 9.15 Å². The zero-order valence-electron chi connectivity index (χ0n) is 16.4. The Morgan fingerprint density at radius 2 is 1.96 bits per heavy atom. The number of ether oxygens (including phenoxy) is 1. The first kappa shape index (κ1) is 19.5. The Labute approximate surface area is 164 Å². The van der Waals surface area contributed by atoms with E-state index < -0.39 is 0 Å². The van der Waals surface area contributed by atoms with Crippen LogP contribution in [0.4, 0.5) is 10.5 Å². The fourth-order valence-corrected chi connectivity index (χ4v) is 2.74. The number of hydrogen-bond acceptors (Lipinski definition) is 4. The fraction of sp³-hybridized carbons (Fsp3) is 0.273. The molecule has 1 heterocycles. The number of urea groups is 1. The summed E-state index contributed by atoms with van der Waals surface area (Å²) in [5.41, 5.74) is 3.63. The quantitative estimate of drug-likeness (QED) is 0.616. The number of aromatic nitrogens is 1. The van der Waals surface area contributed by atoms with E-state index in [-0.39, 0.29) is 6.03 Å². The van der Waals surface area contributed by atoms with Crippen molar-refractivity contribution < 1.29 is 13.9 Å². The van der Waals surface area contributed by atoms with Crippen molar-refractivity contribution in [2.75, 3.05) is 19.0 Å². The minimum absolute atomic E-state index is 0.236. The number of nitrogens with zero attached hydrogens (tertiary/aromatic N) is 1.